The molecule has 3 rings (SSSR count). The fourth-order valence-corrected chi connectivity index (χ4v) is 3.97. The fourth-order valence-electron chi connectivity index (χ4n) is 3.97. The van der Waals surface area contributed by atoms with Crippen LogP contribution in [0.15, 0.2) is 24.3 Å². The molecule has 1 amide bonds. The molecular formula is C24H37N5O3. The number of carbonyl (C=O) groups is 1. The highest BCUT2D eigenvalue weighted by atomic mass is 16.6. The smallest absolute Gasteiger partial charge is 0.410 e. The molecule has 1 fully saturated rings. The highest BCUT2D eigenvalue weighted by Crippen LogP contribution is 2.30. The summed E-state index contributed by atoms with van der Waals surface area (Å²) >= 11 is 0. The zero-order chi connectivity index (χ0) is 23.3. The highest BCUT2D eigenvalue weighted by molar-refractivity contribution is 5.68. The molecule has 0 atom stereocenters. The van der Waals surface area contributed by atoms with Crippen LogP contribution >= 0.6 is 0 Å². The van der Waals surface area contributed by atoms with Gasteiger partial charge in [-0.15, -0.1) is 10.2 Å². The van der Waals surface area contributed by atoms with Crippen LogP contribution in [0, 0.1) is 6.92 Å². The van der Waals surface area contributed by atoms with Gasteiger partial charge in [0.25, 0.3) is 0 Å². The van der Waals surface area contributed by atoms with Crippen molar-refractivity contribution in [3.05, 3.63) is 41.2 Å². The molecule has 0 aliphatic carbocycles. The summed E-state index contributed by atoms with van der Waals surface area (Å²) < 4.78 is 13.1. The van der Waals surface area contributed by atoms with Crippen molar-refractivity contribution in [3.8, 4) is 0 Å². The molecule has 1 aromatic carbocycles. The largest absolute Gasteiger partial charge is 0.444 e. The van der Waals surface area contributed by atoms with E-state index in [4.69, 9.17) is 9.47 Å². The summed E-state index contributed by atoms with van der Waals surface area (Å²) in [5.74, 6) is 2.06. The van der Waals surface area contributed by atoms with Gasteiger partial charge in [-0.05, 0) is 46.1 Å². The first kappa shape index (κ1) is 24.0. The number of hydrogen-bond acceptors (Lipinski definition) is 6. The number of methoxy groups -OCH3 is 1. The molecule has 0 bridgehead atoms. The van der Waals surface area contributed by atoms with Gasteiger partial charge in [0.1, 0.15) is 11.4 Å². The van der Waals surface area contributed by atoms with Crippen LogP contribution in [-0.4, -0.2) is 65.2 Å². The molecule has 8 nitrogen and oxygen atoms in total. The number of benzene rings is 1. The first-order valence-electron chi connectivity index (χ1n) is 11.3. The Balaban J connectivity index is 1.71. The van der Waals surface area contributed by atoms with Crippen LogP contribution in [0.25, 0.3) is 0 Å². The Bertz CT molecular complexity index is 880. The van der Waals surface area contributed by atoms with Crippen molar-refractivity contribution in [1.82, 2.24) is 19.7 Å². The highest BCUT2D eigenvalue weighted by Gasteiger charge is 2.30. The van der Waals surface area contributed by atoms with E-state index >= 15 is 0 Å². The third-order valence-corrected chi connectivity index (χ3v) is 5.67. The van der Waals surface area contributed by atoms with Crippen molar-refractivity contribution >= 4 is 12.0 Å². The normalized spacial score (nSPS) is 15.1. The Morgan fingerprint density at radius 1 is 1.16 bits per heavy atom. The van der Waals surface area contributed by atoms with Crippen molar-refractivity contribution in [3.63, 3.8) is 0 Å². The lowest BCUT2D eigenvalue weighted by atomic mass is 9.96. The van der Waals surface area contributed by atoms with E-state index in [-0.39, 0.29) is 12.0 Å². The summed E-state index contributed by atoms with van der Waals surface area (Å²) in [4.78, 5) is 16.3. The van der Waals surface area contributed by atoms with Gasteiger partial charge in [-0.2, -0.15) is 0 Å². The Morgan fingerprint density at radius 3 is 2.41 bits per heavy atom. The van der Waals surface area contributed by atoms with Crippen LogP contribution in [-0.2, 0) is 22.6 Å². The fraction of sp³-hybridized carbons (Fsp3) is 0.625. The lowest BCUT2D eigenvalue weighted by Crippen LogP contribution is -2.41. The Hall–Kier alpha value is -2.61. The minimum Gasteiger partial charge on any atom is -0.444 e. The second-order valence-corrected chi connectivity index (χ2v) is 9.59. The van der Waals surface area contributed by atoms with E-state index in [9.17, 15) is 4.79 Å². The van der Waals surface area contributed by atoms with Crippen LogP contribution in [0.3, 0.4) is 0 Å². The van der Waals surface area contributed by atoms with E-state index in [0.717, 1.165) is 31.2 Å². The van der Waals surface area contributed by atoms with Gasteiger partial charge < -0.3 is 19.3 Å². The lowest BCUT2D eigenvalue weighted by Gasteiger charge is -2.33. The monoisotopic (exact) mass is 443 g/mol. The maximum absolute atomic E-state index is 12.4. The van der Waals surface area contributed by atoms with E-state index in [1.165, 1.54) is 11.1 Å². The van der Waals surface area contributed by atoms with Crippen LogP contribution in [0.1, 0.15) is 56.5 Å². The molecule has 0 radical (unpaired) electrons. The van der Waals surface area contributed by atoms with Gasteiger partial charge in [0.15, 0.2) is 0 Å². The van der Waals surface area contributed by atoms with Gasteiger partial charge in [0, 0.05) is 39.7 Å². The quantitative estimate of drug-likeness (QED) is 0.644. The predicted octanol–water partition coefficient (Wildman–Crippen LogP) is 3.98. The van der Waals surface area contributed by atoms with Gasteiger partial charge in [-0.1, -0.05) is 29.8 Å². The van der Waals surface area contributed by atoms with E-state index in [2.05, 4.69) is 50.9 Å². The van der Waals surface area contributed by atoms with E-state index in [0.29, 0.717) is 26.2 Å². The number of likely N-dealkylation sites (tertiary alicyclic amines) is 1. The van der Waals surface area contributed by atoms with Gasteiger partial charge in [0.05, 0.1) is 13.2 Å². The number of amides is 1. The average Bonchev–Trinajstić information content (AvgIpc) is 3.16. The van der Waals surface area contributed by atoms with Crippen molar-refractivity contribution in [2.24, 2.45) is 0 Å². The molecule has 0 N–H and O–H groups in total. The maximum Gasteiger partial charge on any atom is 0.410 e. The van der Waals surface area contributed by atoms with Crippen molar-refractivity contribution in [2.45, 2.75) is 65.1 Å². The number of hydrogen-bond donors (Lipinski definition) is 0. The van der Waals surface area contributed by atoms with Gasteiger partial charge in [-0.25, -0.2) is 4.79 Å². The van der Waals surface area contributed by atoms with Crippen LogP contribution in [0.5, 0.6) is 0 Å². The summed E-state index contributed by atoms with van der Waals surface area (Å²) in [6.45, 7) is 11.1. The van der Waals surface area contributed by atoms with Crippen LogP contribution in [0.4, 0.5) is 10.7 Å². The topological polar surface area (TPSA) is 72.7 Å². The van der Waals surface area contributed by atoms with E-state index < -0.39 is 5.60 Å². The number of rotatable bonds is 7. The first-order valence-corrected chi connectivity index (χ1v) is 11.3. The Morgan fingerprint density at radius 2 is 1.81 bits per heavy atom. The third kappa shape index (κ3) is 6.22. The zero-order valence-corrected chi connectivity index (χ0v) is 20.3. The molecule has 1 aliphatic heterocycles. The second kappa shape index (κ2) is 10.3. The van der Waals surface area contributed by atoms with Gasteiger partial charge >= 0.3 is 6.09 Å². The van der Waals surface area contributed by atoms with E-state index in [1.807, 2.05) is 27.8 Å². The number of ether oxygens (including phenoxy) is 2. The third-order valence-electron chi connectivity index (χ3n) is 5.67. The summed E-state index contributed by atoms with van der Waals surface area (Å²) in [6.07, 6.45) is 1.44. The lowest BCUT2D eigenvalue weighted by molar-refractivity contribution is 0.0202. The van der Waals surface area contributed by atoms with Crippen LogP contribution in [0.2, 0.25) is 0 Å². The van der Waals surface area contributed by atoms with Crippen molar-refractivity contribution in [1.29, 1.82) is 0 Å². The SMILES string of the molecule is COCCn1c(C2CCN(C(=O)OC(C)(C)C)CC2)nnc1N(C)Cc1ccc(C)cc1. The summed E-state index contributed by atoms with van der Waals surface area (Å²) in [5.41, 5.74) is 2.00. The number of piperidine rings is 1. The zero-order valence-electron chi connectivity index (χ0n) is 20.3. The molecule has 176 valence electrons. The average molecular weight is 444 g/mol. The summed E-state index contributed by atoms with van der Waals surface area (Å²) in [5, 5.41) is 9.12. The predicted molar refractivity (Wildman–Crippen MR) is 125 cm³/mol. The van der Waals surface area contributed by atoms with Gasteiger partial charge in [-0.3, -0.25) is 4.57 Å². The molecule has 0 spiro atoms. The molecule has 2 heterocycles. The van der Waals surface area contributed by atoms with Crippen molar-refractivity contribution in [2.75, 3.05) is 38.8 Å². The van der Waals surface area contributed by atoms with Gasteiger partial charge in [0.2, 0.25) is 5.95 Å². The molecule has 0 saturated carbocycles. The first-order chi connectivity index (χ1) is 15.2. The molecule has 2 aromatic rings. The van der Waals surface area contributed by atoms with Crippen LogP contribution < -0.4 is 4.90 Å². The molecule has 1 saturated heterocycles. The minimum absolute atomic E-state index is 0.240. The molecule has 8 heteroatoms. The number of anilines is 1. The summed E-state index contributed by atoms with van der Waals surface area (Å²) in [7, 11) is 3.75. The number of nitrogens with zero attached hydrogens (tertiary/aromatic N) is 5. The molecule has 1 aromatic heterocycles. The van der Waals surface area contributed by atoms with Crippen molar-refractivity contribution < 1.29 is 14.3 Å². The van der Waals surface area contributed by atoms with E-state index in [1.54, 1.807) is 12.0 Å². The minimum atomic E-state index is -0.481. The Labute approximate surface area is 191 Å². The standard InChI is InChI=1S/C24H37N5O3/c1-18-7-9-19(10-8-18)17-27(5)22-26-25-21(29(22)15-16-31-6)20-11-13-28(14-12-20)23(30)32-24(2,3)4/h7-10,20H,11-17H2,1-6H3. The molecule has 0 unspecified atom stereocenters. The number of aryl methyl sites for hydroxylation is 1. The maximum atomic E-state index is 12.4. The molecule has 1 aliphatic rings. The Kier molecular flexibility index (Phi) is 7.77. The number of aromatic nitrogens is 3. The number of carbonyl (C=O) groups excluding carboxylic acids is 1. The second-order valence-electron chi connectivity index (χ2n) is 9.59. The molecule has 32 heavy (non-hydrogen) atoms. The summed E-state index contributed by atoms with van der Waals surface area (Å²) in [6, 6.07) is 8.55. The molecular weight excluding hydrogens is 406 g/mol.